The Morgan fingerprint density at radius 3 is 2.65 bits per heavy atom. The zero-order chi connectivity index (χ0) is 22.1. The number of amides is 1. The topological polar surface area (TPSA) is 104 Å². The molecule has 4 rings (SSSR count). The first kappa shape index (κ1) is 20.6. The Bertz CT molecular complexity index is 1190. The van der Waals surface area contributed by atoms with Gasteiger partial charge in [0, 0.05) is 5.69 Å². The van der Waals surface area contributed by atoms with Gasteiger partial charge in [-0.25, -0.2) is 4.99 Å². The highest BCUT2D eigenvalue weighted by atomic mass is 32.2. The van der Waals surface area contributed by atoms with Crippen molar-refractivity contribution in [2.24, 2.45) is 10.7 Å². The maximum atomic E-state index is 13.4. The number of benzene rings is 2. The number of rotatable bonds is 4. The van der Waals surface area contributed by atoms with Gasteiger partial charge in [-0.15, -0.1) is 0 Å². The first-order valence-corrected chi connectivity index (χ1v) is 10.4. The van der Waals surface area contributed by atoms with Crippen molar-refractivity contribution in [3.63, 3.8) is 0 Å². The van der Waals surface area contributed by atoms with E-state index in [1.165, 1.54) is 11.8 Å². The number of carbonyl (C=O) groups is 1. The maximum Gasteiger partial charge on any atom is 0.255 e. The molecule has 1 amide bonds. The minimum absolute atomic E-state index is 0.269. The number of amidine groups is 1. The van der Waals surface area contributed by atoms with E-state index >= 15 is 0 Å². The fourth-order valence-corrected chi connectivity index (χ4v) is 4.64. The monoisotopic (exact) mass is 431 g/mol. The molecule has 31 heavy (non-hydrogen) atoms. The predicted octanol–water partition coefficient (Wildman–Crippen LogP) is 4.03. The van der Waals surface area contributed by atoms with Crippen molar-refractivity contribution in [3.05, 3.63) is 81.7 Å². The van der Waals surface area contributed by atoms with Crippen LogP contribution in [0.1, 0.15) is 24.1 Å². The van der Waals surface area contributed by atoms with Crippen LogP contribution in [-0.2, 0) is 4.79 Å². The van der Waals surface area contributed by atoms with Crippen molar-refractivity contribution in [2.75, 3.05) is 12.4 Å². The number of nitriles is 1. The Labute approximate surface area is 184 Å². The molecule has 2 aromatic rings. The number of methoxy groups -OCH3 is 1. The molecule has 0 fully saturated rings. The number of ether oxygens (including phenoxy) is 1. The van der Waals surface area contributed by atoms with Crippen molar-refractivity contribution in [2.45, 2.75) is 19.9 Å². The number of para-hydroxylation sites is 1. The van der Waals surface area contributed by atoms with Crippen molar-refractivity contribution in [1.29, 1.82) is 5.26 Å². The number of fused-ring (bicyclic) bond motifs is 1. The minimum atomic E-state index is -0.527. The molecule has 0 spiro atoms. The van der Waals surface area contributed by atoms with Crippen LogP contribution in [0.3, 0.4) is 0 Å². The Hall–Kier alpha value is -3.70. The number of thioether (sulfide) groups is 1. The van der Waals surface area contributed by atoms with Gasteiger partial charge in [0.1, 0.15) is 22.5 Å². The van der Waals surface area contributed by atoms with Crippen LogP contribution < -0.4 is 15.8 Å². The van der Waals surface area contributed by atoms with Gasteiger partial charge in [-0.3, -0.25) is 9.69 Å². The molecule has 0 radical (unpaired) electrons. The maximum absolute atomic E-state index is 13.4. The molecule has 2 heterocycles. The van der Waals surface area contributed by atoms with Gasteiger partial charge in [0.05, 0.1) is 24.4 Å². The van der Waals surface area contributed by atoms with Crippen LogP contribution in [-0.4, -0.2) is 23.1 Å². The number of hydrogen-bond acceptors (Lipinski definition) is 7. The average Bonchev–Trinajstić information content (AvgIpc) is 3.08. The summed E-state index contributed by atoms with van der Waals surface area (Å²) in [6.45, 7) is 3.76. The zero-order valence-corrected chi connectivity index (χ0v) is 18.2. The number of hydrogen-bond donors (Lipinski definition) is 2. The Morgan fingerprint density at radius 2 is 2.00 bits per heavy atom. The molecule has 8 heteroatoms. The number of aliphatic imine (C=N–C) groups is 1. The van der Waals surface area contributed by atoms with Crippen molar-refractivity contribution in [1.82, 2.24) is 4.90 Å². The van der Waals surface area contributed by atoms with Crippen LogP contribution in [0.25, 0.3) is 0 Å². The SMILES string of the molecule is COc1ccc([C@H]2C(C(=O)Nc3ccccc3)=C(C)N=C3SC(C#N)=C(N)N32)c(C)c1. The lowest BCUT2D eigenvalue weighted by Crippen LogP contribution is -2.39. The molecular weight excluding hydrogens is 410 g/mol. The van der Waals surface area contributed by atoms with E-state index in [-0.39, 0.29) is 5.91 Å². The second-order valence-corrected chi connectivity index (χ2v) is 8.11. The van der Waals surface area contributed by atoms with E-state index in [0.29, 0.717) is 32.9 Å². The normalized spacial score (nSPS) is 17.8. The van der Waals surface area contributed by atoms with Gasteiger partial charge in [0.2, 0.25) is 0 Å². The number of nitrogens with two attached hydrogens (primary N) is 1. The smallest absolute Gasteiger partial charge is 0.255 e. The molecule has 156 valence electrons. The molecule has 0 bridgehead atoms. The standard InChI is InChI=1S/C23H21N5O2S/c1-13-11-16(30-3)9-10-17(13)20-19(22(29)27-15-7-5-4-6-8-15)14(2)26-23-28(20)21(25)18(12-24)31-23/h4-11,20H,25H2,1-3H3,(H,27,29)/t20-/m0/s1. The van der Waals surface area contributed by atoms with Gasteiger partial charge < -0.3 is 15.8 Å². The molecule has 0 unspecified atom stereocenters. The molecule has 0 saturated carbocycles. The van der Waals surface area contributed by atoms with E-state index < -0.39 is 6.04 Å². The van der Waals surface area contributed by atoms with E-state index in [9.17, 15) is 10.1 Å². The van der Waals surface area contributed by atoms with Gasteiger partial charge in [-0.05, 0) is 61.0 Å². The highest BCUT2D eigenvalue weighted by molar-refractivity contribution is 8.17. The van der Waals surface area contributed by atoms with Crippen molar-refractivity contribution >= 4 is 28.5 Å². The molecule has 2 aliphatic rings. The third-order valence-corrected chi connectivity index (χ3v) is 6.20. The fourth-order valence-electron chi connectivity index (χ4n) is 3.73. The van der Waals surface area contributed by atoms with Gasteiger partial charge in [-0.2, -0.15) is 5.26 Å². The number of carbonyl (C=O) groups excluding carboxylic acids is 1. The van der Waals surface area contributed by atoms with Crippen LogP contribution in [0.5, 0.6) is 5.75 Å². The van der Waals surface area contributed by atoms with Gasteiger partial charge in [0.25, 0.3) is 5.91 Å². The summed E-state index contributed by atoms with van der Waals surface area (Å²) >= 11 is 1.21. The lowest BCUT2D eigenvalue weighted by atomic mass is 9.90. The minimum Gasteiger partial charge on any atom is -0.497 e. The van der Waals surface area contributed by atoms with E-state index in [0.717, 1.165) is 16.9 Å². The van der Waals surface area contributed by atoms with Crippen LogP contribution in [0.2, 0.25) is 0 Å². The Morgan fingerprint density at radius 1 is 1.26 bits per heavy atom. The molecule has 0 aliphatic carbocycles. The summed E-state index contributed by atoms with van der Waals surface area (Å²) in [5.41, 5.74) is 9.90. The van der Waals surface area contributed by atoms with Crippen LogP contribution in [0.4, 0.5) is 5.69 Å². The van der Waals surface area contributed by atoms with Crippen LogP contribution in [0, 0.1) is 18.3 Å². The van der Waals surface area contributed by atoms with Crippen LogP contribution in [0.15, 0.2) is 75.5 Å². The summed E-state index contributed by atoms with van der Waals surface area (Å²) in [4.78, 5) is 20.2. The Kier molecular flexibility index (Phi) is 5.44. The second kappa shape index (κ2) is 8.20. The van der Waals surface area contributed by atoms with E-state index in [4.69, 9.17) is 10.5 Å². The van der Waals surface area contributed by atoms with Gasteiger partial charge in [-0.1, -0.05) is 24.3 Å². The zero-order valence-electron chi connectivity index (χ0n) is 17.3. The summed E-state index contributed by atoms with van der Waals surface area (Å²) in [7, 11) is 1.61. The molecule has 3 N–H and O–H groups in total. The summed E-state index contributed by atoms with van der Waals surface area (Å²) < 4.78 is 5.34. The number of anilines is 1. The molecule has 0 aromatic heterocycles. The summed E-state index contributed by atoms with van der Waals surface area (Å²) in [6, 6.07) is 16.5. The van der Waals surface area contributed by atoms with E-state index in [2.05, 4.69) is 16.4 Å². The third-order valence-electron chi connectivity index (χ3n) is 5.23. The largest absolute Gasteiger partial charge is 0.497 e. The molecule has 0 saturated heterocycles. The quantitative estimate of drug-likeness (QED) is 0.758. The highest BCUT2D eigenvalue weighted by Gasteiger charge is 2.42. The number of aryl methyl sites for hydroxylation is 1. The fraction of sp³-hybridized carbons (Fsp3) is 0.174. The summed E-state index contributed by atoms with van der Waals surface area (Å²) in [5, 5.41) is 13.0. The number of nitrogens with zero attached hydrogens (tertiary/aromatic N) is 3. The summed E-state index contributed by atoms with van der Waals surface area (Å²) in [5.74, 6) is 0.748. The predicted molar refractivity (Wildman–Crippen MR) is 122 cm³/mol. The van der Waals surface area contributed by atoms with Crippen molar-refractivity contribution < 1.29 is 9.53 Å². The highest BCUT2D eigenvalue weighted by Crippen LogP contribution is 2.46. The van der Waals surface area contributed by atoms with Gasteiger partial charge in [0.15, 0.2) is 5.17 Å². The molecular formula is C23H21N5O2S. The van der Waals surface area contributed by atoms with Crippen LogP contribution >= 0.6 is 11.8 Å². The molecule has 7 nitrogen and oxygen atoms in total. The second-order valence-electron chi connectivity index (χ2n) is 7.14. The number of allylic oxidation sites excluding steroid dienone is 2. The number of nitrogens with one attached hydrogen (secondary N) is 1. The third kappa shape index (κ3) is 3.64. The first-order valence-electron chi connectivity index (χ1n) is 9.62. The van der Waals surface area contributed by atoms with Gasteiger partial charge >= 0.3 is 0 Å². The van der Waals surface area contributed by atoms with E-state index in [1.807, 2.05) is 55.5 Å². The average molecular weight is 432 g/mol. The van der Waals surface area contributed by atoms with E-state index in [1.54, 1.807) is 18.9 Å². The lowest BCUT2D eigenvalue weighted by molar-refractivity contribution is -0.113. The van der Waals surface area contributed by atoms with Crippen molar-refractivity contribution in [3.8, 4) is 11.8 Å². The Balaban J connectivity index is 1.85. The molecule has 2 aromatic carbocycles. The lowest BCUT2D eigenvalue weighted by Gasteiger charge is -2.36. The molecule has 2 aliphatic heterocycles. The molecule has 1 atom stereocenters. The summed E-state index contributed by atoms with van der Waals surface area (Å²) in [6.07, 6.45) is 0. The first-order chi connectivity index (χ1) is 14.9.